The maximum absolute atomic E-state index is 12.4. The second-order valence-corrected chi connectivity index (χ2v) is 3.21. The Morgan fingerprint density at radius 2 is 1.67 bits per heavy atom. The third kappa shape index (κ3) is 1.75. The zero-order valence-electron chi connectivity index (χ0n) is 7.55. The Hall–Kier alpha value is -1.71. The SMILES string of the molecule is Oc1cc(C(F)(F)F)cc2ccccc12. The van der Waals surface area contributed by atoms with E-state index in [2.05, 4.69) is 0 Å². The van der Waals surface area contributed by atoms with Gasteiger partial charge in [-0.15, -0.1) is 0 Å². The molecule has 0 amide bonds. The van der Waals surface area contributed by atoms with Crippen LogP contribution in [0.5, 0.6) is 5.75 Å². The van der Waals surface area contributed by atoms with Gasteiger partial charge in [-0.1, -0.05) is 24.3 Å². The summed E-state index contributed by atoms with van der Waals surface area (Å²) >= 11 is 0. The van der Waals surface area contributed by atoms with Crippen molar-refractivity contribution in [1.29, 1.82) is 0 Å². The van der Waals surface area contributed by atoms with Crippen molar-refractivity contribution in [3.8, 4) is 5.75 Å². The molecular formula is C11H7F3O. The second-order valence-electron chi connectivity index (χ2n) is 3.21. The van der Waals surface area contributed by atoms with E-state index in [4.69, 9.17) is 0 Å². The number of rotatable bonds is 0. The van der Waals surface area contributed by atoms with E-state index in [1.54, 1.807) is 18.2 Å². The molecule has 1 nitrogen and oxygen atoms in total. The van der Waals surface area contributed by atoms with Crippen LogP contribution in [0.15, 0.2) is 36.4 Å². The molecule has 78 valence electrons. The topological polar surface area (TPSA) is 20.2 Å². The normalized spacial score (nSPS) is 11.9. The molecule has 0 atom stereocenters. The Kier molecular flexibility index (Phi) is 2.07. The molecule has 15 heavy (non-hydrogen) atoms. The predicted octanol–water partition coefficient (Wildman–Crippen LogP) is 3.56. The van der Waals surface area contributed by atoms with Gasteiger partial charge in [0.2, 0.25) is 0 Å². The molecule has 0 aliphatic rings. The van der Waals surface area contributed by atoms with Gasteiger partial charge in [0.05, 0.1) is 5.56 Å². The molecule has 0 heterocycles. The fourth-order valence-electron chi connectivity index (χ4n) is 1.45. The predicted molar refractivity (Wildman–Crippen MR) is 50.6 cm³/mol. The first-order chi connectivity index (χ1) is 6.98. The van der Waals surface area contributed by atoms with E-state index in [0.29, 0.717) is 10.8 Å². The zero-order valence-corrected chi connectivity index (χ0v) is 7.55. The van der Waals surface area contributed by atoms with Crippen LogP contribution in [0.25, 0.3) is 10.8 Å². The molecule has 0 radical (unpaired) electrons. The summed E-state index contributed by atoms with van der Waals surface area (Å²) < 4.78 is 37.2. The van der Waals surface area contributed by atoms with Gasteiger partial charge in [-0.05, 0) is 17.5 Å². The Bertz CT molecular complexity index is 503. The van der Waals surface area contributed by atoms with Crippen molar-refractivity contribution >= 4 is 10.8 Å². The quantitative estimate of drug-likeness (QED) is 0.707. The number of phenols is 1. The van der Waals surface area contributed by atoms with Crippen molar-refractivity contribution in [2.45, 2.75) is 6.18 Å². The van der Waals surface area contributed by atoms with Crippen LogP contribution in [0, 0.1) is 0 Å². The molecule has 0 spiro atoms. The second kappa shape index (κ2) is 3.15. The number of hydrogen-bond acceptors (Lipinski definition) is 1. The van der Waals surface area contributed by atoms with Gasteiger partial charge in [-0.3, -0.25) is 0 Å². The molecule has 4 heteroatoms. The largest absolute Gasteiger partial charge is 0.507 e. The van der Waals surface area contributed by atoms with Gasteiger partial charge in [-0.2, -0.15) is 13.2 Å². The van der Waals surface area contributed by atoms with Crippen LogP contribution in [-0.2, 0) is 6.18 Å². The highest BCUT2D eigenvalue weighted by atomic mass is 19.4. The van der Waals surface area contributed by atoms with Crippen molar-refractivity contribution in [2.24, 2.45) is 0 Å². The number of phenolic OH excluding ortho intramolecular Hbond substituents is 1. The Labute approximate surface area is 83.8 Å². The van der Waals surface area contributed by atoms with Crippen LogP contribution in [0.4, 0.5) is 13.2 Å². The van der Waals surface area contributed by atoms with E-state index in [1.807, 2.05) is 0 Å². The van der Waals surface area contributed by atoms with Crippen LogP contribution < -0.4 is 0 Å². The van der Waals surface area contributed by atoms with Crippen molar-refractivity contribution < 1.29 is 18.3 Å². The smallest absolute Gasteiger partial charge is 0.416 e. The first-order valence-corrected chi connectivity index (χ1v) is 4.27. The number of hydrogen-bond donors (Lipinski definition) is 1. The first kappa shape index (κ1) is 9.83. The molecule has 0 saturated carbocycles. The van der Waals surface area contributed by atoms with E-state index in [1.165, 1.54) is 6.07 Å². The van der Waals surface area contributed by atoms with Crippen LogP contribution >= 0.6 is 0 Å². The summed E-state index contributed by atoms with van der Waals surface area (Å²) in [7, 11) is 0. The van der Waals surface area contributed by atoms with E-state index in [-0.39, 0.29) is 5.75 Å². The minimum absolute atomic E-state index is 0.347. The third-order valence-corrected chi connectivity index (χ3v) is 2.17. The lowest BCUT2D eigenvalue weighted by molar-refractivity contribution is -0.137. The molecule has 1 N–H and O–H groups in total. The van der Waals surface area contributed by atoms with E-state index >= 15 is 0 Å². The van der Waals surface area contributed by atoms with Gasteiger partial charge in [-0.25, -0.2) is 0 Å². The fourth-order valence-corrected chi connectivity index (χ4v) is 1.45. The van der Waals surface area contributed by atoms with Gasteiger partial charge in [0.15, 0.2) is 0 Å². The Morgan fingerprint density at radius 3 is 2.33 bits per heavy atom. The van der Waals surface area contributed by atoms with Crippen molar-refractivity contribution in [3.05, 3.63) is 42.0 Å². The maximum atomic E-state index is 12.4. The zero-order chi connectivity index (χ0) is 11.1. The molecule has 2 rings (SSSR count). The molecule has 0 saturated heterocycles. The summed E-state index contributed by atoms with van der Waals surface area (Å²) in [6.07, 6.45) is -4.43. The summed E-state index contributed by atoms with van der Waals surface area (Å²) in [5, 5.41) is 10.2. The van der Waals surface area contributed by atoms with E-state index < -0.39 is 11.7 Å². The average molecular weight is 212 g/mol. The molecule has 2 aromatic rings. The summed E-state index contributed by atoms with van der Waals surface area (Å²) in [6.45, 7) is 0. The lowest BCUT2D eigenvalue weighted by atomic mass is 10.1. The summed E-state index contributed by atoms with van der Waals surface area (Å²) in [6, 6.07) is 8.16. The van der Waals surface area contributed by atoms with E-state index in [9.17, 15) is 18.3 Å². The van der Waals surface area contributed by atoms with Crippen LogP contribution in [-0.4, -0.2) is 5.11 Å². The molecule has 0 aliphatic carbocycles. The Morgan fingerprint density at radius 1 is 1.00 bits per heavy atom. The van der Waals surface area contributed by atoms with Gasteiger partial charge in [0.25, 0.3) is 0 Å². The number of fused-ring (bicyclic) bond motifs is 1. The van der Waals surface area contributed by atoms with Crippen molar-refractivity contribution in [3.63, 3.8) is 0 Å². The highest BCUT2D eigenvalue weighted by Crippen LogP contribution is 2.35. The number of halogens is 3. The Balaban J connectivity index is 2.73. The van der Waals surface area contributed by atoms with Gasteiger partial charge < -0.3 is 5.11 Å². The summed E-state index contributed by atoms with van der Waals surface area (Å²) in [4.78, 5) is 0. The summed E-state index contributed by atoms with van der Waals surface area (Å²) in [5.74, 6) is -0.347. The molecule has 0 unspecified atom stereocenters. The maximum Gasteiger partial charge on any atom is 0.416 e. The lowest BCUT2D eigenvalue weighted by Crippen LogP contribution is -2.04. The summed E-state index contributed by atoms with van der Waals surface area (Å²) in [5.41, 5.74) is -0.835. The first-order valence-electron chi connectivity index (χ1n) is 4.27. The average Bonchev–Trinajstić information content (AvgIpc) is 2.16. The molecule has 0 aromatic heterocycles. The van der Waals surface area contributed by atoms with Gasteiger partial charge in [0, 0.05) is 5.39 Å². The third-order valence-electron chi connectivity index (χ3n) is 2.17. The molecule has 2 aromatic carbocycles. The van der Waals surface area contributed by atoms with Crippen LogP contribution in [0.3, 0.4) is 0 Å². The number of benzene rings is 2. The van der Waals surface area contributed by atoms with Crippen molar-refractivity contribution in [1.82, 2.24) is 0 Å². The van der Waals surface area contributed by atoms with Crippen molar-refractivity contribution in [2.75, 3.05) is 0 Å². The highest BCUT2D eigenvalue weighted by Gasteiger charge is 2.31. The lowest BCUT2D eigenvalue weighted by Gasteiger charge is -2.09. The monoisotopic (exact) mass is 212 g/mol. The number of alkyl halides is 3. The molecule has 0 bridgehead atoms. The van der Waals surface area contributed by atoms with Crippen LogP contribution in [0.1, 0.15) is 5.56 Å². The molecule has 0 aliphatic heterocycles. The minimum atomic E-state index is -4.43. The minimum Gasteiger partial charge on any atom is -0.507 e. The van der Waals surface area contributed by atoms with Gasteiger partial charge in [0.1, 0.15) is 5.75 Å². The molecule has 0 fully saturated rings. The standard InChI is InChI=1S/C11H7F3O/c12-11(13,14)8-5-7-3-1-2-4-9(7)10(15)6-8/h1-6,15H. The highest BCUT2D eigenvalue weighted by molar-refractivity contribution is 5.88. The van der Waals surface area contributed by atoms with Crippen LogP contribution in [0.2, 0.25) is 0 Å². The number of aromatic hydroxyl groups is 1. The van der Waals surface area contributed by atoms with E-state index in [0.717, 1.165) is 12.1 Å². The fraction of sp³-hybridized carbons (Fsp3) is 0.0909. The van der Waals surface area contributed by atoms with Gasteiger partial charge >= 0.3 is 6.18 Å². The molecular weight excluding hydrogens is 205 g/mol.